The van der Waals surface area contributed by atoms with Gasteiger partial charge < -0.3 is 16.9 Å². The van der Waals surface area contributed by atoms with Crippen LogP contribution in [0, 0.1) is 0 Å². The van der Waals surface area contributed by atoms with Gasteiger partial charge >= 0.3 is 0 Å². The van der Waals surface area contributed by atoms with E-state index in [9.17, 15) is 4.79 Å². The lowest BCUT2D eigenvalue weighted by atomic mass is 10.1. The molecule has 5 heteroatoms. The molecule has 6 N–H and O–H groups in total. The molecule has 0 aliphatic carbocycles. The Morgan fingerprint density at radius 3 is 1.73 bits per heavy atom. The largest absolute Gasteiger partial charge is 0.412 e. The first kappa shape index (κ1) is 26.6. The van der Waals surface area contributed by atoms with Gasteiger partial charge in [0.15, 0.2) is 0 Å². The van der Waals surface area contributed by atoms with E-state index in [0.717, 1.165) is 19.4 Å². The van der Waals surface area contributed by atoms with E-state index in [-0.39, 0.29) is 17.5 Å². The molecule has 0 atom stereocenters. The van der Waals surface area contributed by atoms with Gasteiger partial charge in [0.25, 0.3) is 0 Å². The minimum Gasteiger partial charge on any atom is -0.412 e. The van der Waals surface area contributed by atoms with Crippen molar-refractivity contribution in [3.63, 3.8) is 0 Å². The summed E-state index contributed by atoms with van der Waals surface area (Å²) in [5, 5.41) is 2.90. The van der Waals surface area contributed by atoms with E-state index >= 15 is 0 Å². The standard InChI is InChI=1S/C17H34ClNO.H3N.H2O/c1-2-3-4-5-6-7-8-9-10-11-12-14-17(20)19-16-13-15-18;;/h2-16H2,1H3,(H,19,20);1H3;1H2. The van der Waals surface area contributed by atoms with Gasteiger partial charge in [0, 0.05) is 18.8 Å². The lowest BCUT2D eigenvalue weighted by Crippen LogP contribution is -2.24. The van der Waals surface area contributed by atoms with Crippen LogP contribution in [0.4, 0.5) is 0 Å². The van der Waals surface area contributed by atoms with Crippen molar-refractivity contribution < 1.29 is 10.3 Å². The number of nitrogens with one attached hydrogen (secondary N) is 1. The van der Waals surface area contributed by atoms with Gasteiger partial charge in [-0.15, -0.1) is 11.6 Å². The average Bonchev–Trinajstić information content (AvgIpc) is 2.45. The predicted molar refractivity (Wildman–Crippen MR) is 98.1 cm³/mol. The molecular weight excluding hydrogens is 300 g/mol. The van der Waals surface area contributed by atoms with Gasteiger partial charge in [-0.1, -0.05) is 71.1 Å². The van der Waals surface area contributed by atoms with Crippen LogP contribution in [0.15, 0.2) is 0 Å². The van der Waals surface area contributed by atoms with Crippen LogP contribution in [0.3, 0.4) is 0 Å². The maximum absolute atomic E-state index is 11.4. The lowest BCUT2D eigenvalue weighted by Gasteiger charge is -2.04. The Kier molecular flexibility index (Phi) is 27.7. The highest BCUT2D eigenvalue weighted by molar-refractivity contribution is 6.17. The smallest absolute Gasteiger partial charge is 0.219 e. The summed E-state index contributed by atoms with van der Waals surface area (Å²) in [6.45, 7) is 2.98. The zero-order valence-electron chi connectivity index (χ0n) is 14.6. The Bertz CT molecular complexity index is 217. The normalized spacial score (nSPS) is 9.73. The van der Waals surface area contributed by atoms with Crippen LogP contribution in [-0.4, -0.2) is 23.8 Å². The highest BCUT2D eigenvalue weighted by Crippen LogP contribution is 2.11. The van der Waals surface area contributed by atoms with E-state index in [1.165, 1.54) is 64.2 Å². The molecule has 0 aromatic rings. The third kappa shape index (κ3) is 22.0. The molecule has 22 heavy (non-hydrogen) atoms. The Balaban J connectivity index is -0.00000180. The van der Waals surface area contributed by atoms with Crippen LogP contribution in [0.5, 0.6) is 0 Å². The lowest BCUT2D eigenvalue weighted by molar-refractivity contribution is -0.121. The fourth-order valence-electron chi connectivity index (χ4n) is 2.33. The molecule has 0 aromatic carbocycles. The molecule has 0 heterocycles. The Hall–Kier alpha value is -0.320. The van der Waals surface area contributed by atoms with Crippen molar-refractivity contribution in [2.24, 2.45) is 0 Å². The molecule has 0 fully saturated rings. The zero-order chi connectivity index (χ0) is 14.9. The topological polar surface area (TPSA) is 95.6 Å². The molecule has 0 spiro atoms. The predicted octanol–water partition coefficient (Wildman–Crippen LogP) is 4.77. The highest BCUT2D eigenvalue weighted by Gasteiger charge is 2.00. The van der Waals surface area contributed by atoms with Crippen molar-refractivity contribution in [3.8, 4) is 0 Å². The van der Waals surface area contributed by atoms with Crippen molar-refractivity contribution in [3.05, 3.63) is 0 Å². The van der Waals surface area contributed by atoms with Gasteiger partial charge in [-0.05, 0) is 12.8 Å². The third-order valence-electron chi connectivity index (χ3n) is 3.64. The van der Waals surface area contributed by atoms with Crippen LogP contribution < -0.4 is 11.5 Å². The summed E-state index contributed by atoms with van der Waals surface area (Å²) in [6.07, 6.45) is 16.1. The van der Waals surface area contributed by atoms with Crippen LogP contribution in [-0.2, 0) is 4.79 Å². The zero-order valence-corrected chi connectivity index (χ0v) is 15.4. The van der Waals surface area contributed by atoms with Gasteiger partial charge in [0.2, 0.25) is 5.91 Å². The fourth-order valence-corrected chi connectivity index (χ4v) is 2.47. The van der Waals surface area contributed by atoms with Crippen LogP contribution in [0.2, 0.25) is 0 Å². The third-order valence-corrected chi connectivity index (χ3v) is 3.91. The van der Waals surface area contributed by atoms with Gasteiger partial charge in [0.05, 0.1) is 0 Å². The Labute approximate surface area is 142 Å². The molecule has 0 rings (SSSR count). The molecule has 0 aromatic heterocycles. The van der Waals surface area contributed by atoms with Crippen molar-refractivity contribution in [1.29, 1.82) is 0 Å². The second kappa shape index (κ2) is 23.0. The number of amides is 1. The number of carbonyl (C=O) groups is 1. The number of hydrogen-bond acceptors (Lipinski definition) is 2. The molecule has 0 aliphatic heterocycles. The summed E-state index contributed by atoms with van der Waals surface area (Å²) in [5.41, 5.74) is 0. The molecule has 136 valence electrons. The molecule has 4 nitrogen and oxygen atoms in total. The van der Waals surface area contributed by atoms with Crippen molar-refractivity contribution in [1.82, 2.24) is 11.5 Å². The number of halogens is 1. The molecule has 1 amide bonds. The number of alkyl halides is 1. The summed E-state index contributed by atoms with van der Waals surface area (Å²) in [5.74, 6) is 0.810. The molecule has 0 bridgehead atoms. The van der Waals surface area contributed by atoms with Crippen molar-refractivity contribution >= 4 is 17.5 Å². The van der Waals surface area contributed by atoms with E-state index in [0.29, 0.717) is 12.3 Å². The number of unbranched alkanes of at least 4 members (excludes halogenated alkanes) is 10. The molecule has 0 saturated carbocycles. The molecule has 0 radical (unpaired) electrons. The molecule has 0 unspecified atom stereocenters. The highest BCUT2D eigenvalue weighted by atomic mass is 35.5. The summed E-state index contributed by atoms with van der Waals surface area (Å²) in [7, 11) is 0. The summed E-state index contributed by atoms with van der Waals surface area (Å²) < 4.78 is 0. The number of hydrogen-bond donors (Lipinski definition) is 2. The minimum absolute atomic E-state index is 0. The van der Waals surface area contributed by atoms with Gasteiger partial charge in [-0.3, -0.25) is 4.79 Å². The maximum atomic E-state index is 11.4. The Morgan fingerprint density at radius 2 is 1.27 bits per heavy atom. The Morgan fingerprint density at radius 1 is 0.818 bits per heavy atom. The second-order valence-corrected chi connectivity index (χ2v) is 6.06. The minimum atomic E-state index is 0. The molecule has 0 aliphatic rings. The first-order chi connectivity index (χ1) is 9.81. The van der Waals surface area contributed by atoms with E-state index in [4.69, 9.17) is 11.6 Å². The fraction of sp³-hybridized carbons (Fsp3) is 0.941. The number of rotatable bonds is 15. The first-order valence-electron chi connectivity index (χ1n) is 8.64. The monoisotopic (exact) mass is 338 g/mol. The maximum Gasteiger partial charge on any atom is 0.219 e. The number of carbonyl (C=O) groups excluding carboxylic acids is 1. The van der Waals surface area contributed by atoms with Gasteiger partial charge in [-0.25, -0.2) is 0 Å². The van der Waals surface area contributed by atoms with Crippen LogP contribution in [0.1, 0.15) is 90.4 Å². The SMILES string of the molecule is CCCCCCCCCCCCCC(=O)NCCCCl.N.O. The summed E-state index contributed by atoms with van der Waals surface area (Å²) in [6, 6.07) is 0. The van der Waals surface area contributed by atoms with Gasteiger partial charge in [-0.2, -0.15) is 0 Å². The quantitative estimate of drug-likeness (QED) is 0.332. The van der Waals surface area contributed by atoms with E-state index in [1.807, 2.05) is 0 Å². The molecule has 0 saturated heterocycles. The van der Waals surface area contributed by atoms with E-state index in [2.05, 4.69) is 12.2 Å². The van der Waals surface area contributed by atoms with Gasteiger partial charge in [0.1, 0.15) is 0 Å². The first-order valence-corrected chi connectivity index (χ1v) is 9.17. The summed E-state index contributed by atoms with van der Waals surface area (Å²) >= 11 is 5.56. The van der Waals surface area contributed by atoms with Crippen LogP contribution >= 0.6 is 11.6 Å². The average molecular weight is 339 g/mol. The molecular formula is C17H39ClN2O2. The van der Waals surface area contributed by atoms with E-state index in [1.54, 1.807) is 0 Å². The van der Waals surface area contributed by atoms with Crippen molar-refractivity contribution in [2.45, 2.75) is 90.4 Å². The summed E-state index contributed by atoms with van der Waals surface area (Å²) in [4.78, 5) is 11.4. The second-order valence-electron chi connectivity index (χ2n) is 5.68. The van der Waals surface area contributed by atoms with Crippen molar-refractivity contribution in [2.75, 3.05) is 12.4 Å². The van der Waals surface area contributed by atoms with E-state index < -0.39 is 0 Å². The van der Waals surface area contributed by atoms with Crippen LogP contribution in [0.25, 0.3) is 0 Å².